The fourth-order valence-electron chi connectivity index (χ4n) is 3.00. The Hall–Kier alpha value is -0.830. The molecule has 0 aromatic carbocycles. The molecule has 0 aliphatic rings. The van der Waals surface area contributed by atoms with Gasteiger partial charge in [0.15, 0.2) is 5.78 Å². The van der Waals surface area contributed by atoms with Crippen molar-refractivity contribution in [2.24, 2.45) is 0 Å². The van der Waals surface area contributed by atoms with E-state index in [0.717, 1.165) is 0 Å². The molecule has 0 aliphatic heterocycles. The van der Waals surface area contributed by atoms with Crippen LogP contribution in [-0.2, 0) is 4.79 Å². The fraction of sp³-hybridized carbons (Fsp3) is 0.941. The van der Waals surface area contributed by atoms with Crippen molar-refractivity contribution in [1.29, 1.82) is 0 Å². The monoisotopic (exact) mass is 394 g/mol. The molecule has 0 fully saturated rings. The van der Waals surface area contributed by atoms with Gasteiger partial charge in [0.25, 0.3) is 0 Å². The lowest BCUT2D eigenvalue weighted by molar-refractivity contribution is -0.209. The minimum Gasteiger partial charge on any atom is -0.382 e. The summed E-state index contributed by atoms with van der Waals surface area (Å²) in [4.78, 5) is 12.5. The van der Waals surface area contributed by atoms with Crippen molar-refractivity contribution in [3.8, 4) is 0 Å². The first-order valence-corrected chi connectivity index (χ1v) is 8.82. The van der Waals surface area contributed by atoms with E-state index in [0.29, 0.717) is 25.7 Å². The molecule has 0 aromatic heterocycles. The standard InChI is InChI=1S/C17H28F6O3/c1-3-5-7-9-14(25,11-16(18,19)20)13(24)15(26,10-8-6-4-2)12-17(21,22)23/h25-26H,3-12H2,1-2H3/t14-,15-/m0/s1. The SMILES string of the molecule is CCCCC[C@](O)(CC(F)(F)F)C(=O)[C@](O)(CCCCC)CC(F)(F)F. The van der Waals surface area contributed by atoms with Gasteiger partial charge in [-0.05, 0) is 12.8 Å². The number of ketones is 1. The van der Waals surface area contributed by atoms with Crippen molar-refractivity contribution in [3.63, 3.8) is 0 Å². The number of aliphatic hydroxyl groups is 2. The van der Waals surface area contributed by atoms with Gasteiger partial charge in [-0.25, -0.2) is 0 Å². The third-order valence-electron chi connectivity index (χ3n) is 4.22. The van der Waals surface area contributed by atoms with Crippen LogP contribution in [0.5, 0.6) is 0 Å². The van der Waals surface area contributed by atoms with Crippen LogP contribution in [-0.4, -0.2) is 39.6 Å². The summed E-state index contributed by atoms with van der Waals surface area (Å²) in [6, 6.07) is 0. The summed E-state index contributed by atoms with van der Waals surface area (Å²) in [6.07, 6.45) is -13.1. The van der Waals surface area contributed by atoms with Gasteiger partial charge in [0.2, 0.25) is 0 Å². The van der Waals surface area contributed by atoms with Gasteiger partial charge in [0.1, 0.15) is 11.2 Å². The van der Waals surface area contributed by atoms with Gasteiger partial charge in [-0.15, -0.1) is 0 Å². The van der Waals surface area contributed by atoms with Gasteiger partial charge >= 0.3 is 12.4 Å². The zero-order valence-corrected chi connectivity index (χ0v) is 15.1. The lowest BCUT2D eigenvalue weighted by Gasteiger charge is -2.37. The Morgan fingerprint density at radius 2 is 1.00 bits per heavy atom. The number of halogens is 6. The summed E-state index contributed by atoms with van der Waals surface area (Å²) >= 11 is 0. The zero-order chi connectivity index (χ0) is 20.6. The van der Waals surface area contributed by atoms with Crippen molar-refractivity contribution in [1.82, 2.24) is 0 Å². The summed E-state index contributed by atoms with van der Waals surface area (Å²) in [5, 5.41) is 20.7. The quantitative estimate of drug-likeness (QED) is 0.358. The Morgan fingerprint density at radius 1 is 0.692 bits per heavy atom. The molecule has 0 unspecified atom stereocenters. The largest absolute Gasteiger partial charge is 0.392 e. The van der Waals surface area contributed by atoms with Crippen LogP contribution in [0, 0.1) is 0 Å². The van der Waals surface area contributed by atoms with Gasteiger partial charge in [0.05, 0.1) is 12.8 Å². The Labute approximate surface area is 149 Å². The highest BCUT2D eigenvalue weighted by molar-refractivity contribution is 5.94. The van der Waals surface area contributed by atoms with E-state index < -0.39 is 55.0 Å². The zero-order valence-electron chi connectivity index (χ0n) is 15.1. The van der Waals surface area contributed by atoms with E-state index in [9.17, 15) is 41.4 Å². The van der Waals surface area contributed by atoms with Crippen LogP contribution >= 0.6 is 0 Å². The van der Waals surface area contributed by atoms with Crippen LogP contribution < -0.4 is 0 Å². The number of carbonyl (C=O) groups is 1. The molecule has 2 atom stereocenters. The van der Waals surface area contributed by atoms with Gasteiger partial charge < -0.3 is 10.2 Å². The van der Waals surface area contributed by atoms with Crippen LogP contribution in [0.1, 0.15) is 78.1 Å². The van der Waals surface area contributed by atoms with E-state index in [1.54, 1.807) is 13.8 Å². The molecular formula is C17H28F6O3. The van der Waals surface area contributed by atoms with Gasteiger partial charge in [-0.3, -0.25) is 4.79 Å². The van der Waals surface area contributed by atoms with Crippen molar-refractivity contribution in [2.45, 2.75) is 102 Å². The highest BCUT2D eigenvalue weighted by atomic mass is 19.4. The molecule has 0 amide bonds. The molecule has 156 valence electrons. The molecule has 0 aromatic rings. The lowest BCUT2D eigenvalue weighted by Crippen LogP contribution is -2.56. The van der Waals surface area contributed by atoms with E-state index in [4.69, 9.17) is 0 Å². The highest BCUT2D eigenvalue weighted by Gasteiger charge is 2.55. The molecule has 3 nitrogen and oxygen atoms in total. The van der Waals surface area contributed by atoms with Crippen LogP contribution in [0.3, 0.4) is 0 Å². The number of Topliss-reactive ketones (excluding diaryl/α,β-unsaturated/α-hetero) is 1. The van der Waals surface area contributed by atoms with E-state index in [1.165, 1.54) is 0 Å². The number of carbonyl (C=O) groups excluding carboxylic acids is 1. The fourth-order valence-corrected chi connectivity index (χ4v) is 3.00. The Kier molecular flexibility index (Phi) is 9.60. The average molecular weight is 394 g/mol. The lowest BCUT2D eigenvalue weighted by atomic mass is 9.76. The van der Waals surface area contributed by atoms with E-state index in [2.05, 4.69) is 0 Å². The molecule has 0 saturated carbocycles. The third kappa shape index (κ3) is 9.21. The van der Waals surface area contributed by atoms with Gasteiger partial charge in [-0.2, -0.15) is 26.3 Å². The maximum atomic E-state index is 12.8. The second-order valence-electron chi connectivity index (χ2n) is 6.89. The molecule has 0 saturated heterocycles. The second-order valence-corrected chi connectivity index (χ2v) is 6.89. The number of rotatable bonds is 12. The molecular weight excluding hydrogens is 366 g/mol. The smallest absolute Gasteiger partial charge is 0.382 e. The first kappa shape index (κ1) is 25.2. The molecule has 0 rings (SSSR count). The van der Waals surface area contributed by atoms with Crippen molar-refractivity contribution in [3.05, 3.63) is 0 Å². The molecule has 0 spiro atoms. The van der Waals surface area contributed by atoms with Crippen molar-refractivity contribution in [2.75, 3.05) is 0 Å². The van der Waals surface area contributed by atoms with Crippen molar-refractivity contribution < 1.29 is 41.4 Å². The van der Waals surface area contributed by atoms with E-state index in [-0.39, 0.29) is 12.8 Å². The van der Waals surface area contributed by atoms with E-state index in [1.807, 2.05) is 0 Å². The topological polar surface area (TPSA) is 57.5 Å². The highest BCUT2D eigenvalue weighted by Crippen LogP contribution is 2.39. The predicted molar refractivity (Wildman–Crippen MR) is 84.5 cm³/mol. The first-order chi connectivity index (χ1) is 11.7. The molecule has 26 heavy (non-hydrogen) atoms. The summed E-state index contributed by atoms with van der Waals surface area (Å²) in [5.74, 6) is -1.79. The molecule has 9 heteroatoms. The number of unbranched alkanes of at least 4 members (excludes halogenated alkanes) is 4. The first-order valence-electron chi connectivity index (χ1n) is 8.82. The summed E-state index contributed by atoms with van der Waals surface area (Å²) in [5.41, 5.74) is -6.14. The number of hydrogen-bond donors (Lipinski definition) is 2. The Morgan fingerprint density at radius 3 is 1.23 bits per heavy atom. The van der Waals surface area contributed by atoms with Crippen LogP contribution in [0.15, 0.2) is 0 Å². The molecule has 2 N–H and O–H groups in total. The van der Waals surface area contributed by atoms with Gasteiger partial charge in [0, 0.05) is 0 Å². The molecule has 0 radical (unpaired) electrons. The summed E-state index contributed by atoms with van der Waals surface area (Å²) in [7, 11) is 0. The maximum absolute atomic E-state index is 12.8. The van der Waals surface area contributed by atoms with Crippen LogP contribution in [0.25, 0.3) is 0 Å². The number of alkyl halides is 6. The van der Waals surface area contributed by atoms with E-state index >= 15 is 0 Å². The normalized spacial score (nSPS) is 17.6. The minimum atomic E-state index is -4.96. The molecule has 0 aliphatic carbocycles. The summed E-state index contributed by atoms with van der Waals surface area (Å²) < 4.78 is 77.0. The summed E-state index contributed by atoms with van der Waals surface area (Å²) in [6.45, 7) is 3.49. The Bertz CT molecular complexity index is 397. The second kappa shape index (κ2) is 9.92. The van der Waals surface area contributed by atoms with Crippen molar-refractivity contribution >= 4 is 5.78 Å². The third-order valence-corrected chi connectivity index (χ3v) is 4.22. The minimum absolute atomic E-state index is 0.0336. The molecule has 0 heterocycles. The molecule has 0 bridgehead atoms. The Balaban J connectivity index is 5.68. The number of hydrogen-bond acceptors (Lipinski definition) is 3. The predicted octanol–water partition coefficient (Wildman–Crippen LogP) is 5.08. The van der Waals surface area contributed by atoms with Gasteiger partial charge in [-0.1, -0.05) is 52.4 Å². The van der Waals surface area contributed by atoms with Crippen LogP contribution in [0.4, 0.5) is 26.3 Å². The average Bonchev–Trinajstić information content (AvgIpc) is 2.43. The van der Waals surface area contributed by atoms with Crippen LogP contribution in [0.2, 0.25) is 0 Å². The maximum Gasteiger partial charge on any atom is 0.392 e.